The second-order valence-electron chi connectivity index (χ2n) is 4.74. The molecular formula is C14H10ClN3O4S2. The highest BCUT2D eigenvalue weighted by molar-refractivity contribution is 7.90. The van der Waals surface area contributed by atoms with Gasteiger partial charge in [-0.05, 0) is 24.3 Å². The number of halogens is 1. The van der Waals surface area contributed by atoms with Crippen molar-refractivity contribution in [2.24, 2.45) is 0 Å². The van der Waals surface area contributed by atoms with Gasteiger partial charge < -0.3 is 4.42 Å². The van der Waals surface area contributed by atoms with E-state index in [1.165, 1.54) is 6.07 Å². The molecule has 0 saturated heterocycles. The van der Waals surface area contributed by atoms with Gasteiger partial charge in [-0.1, -0.05) is 28.8 Å². The summed E-state index contributed by atoms with van der Waals surface area (Å²) < 4.78 is 29.5. The van der Waals surface area contributed by atoms with Crippen LogP contribution in [0.3, 0.4) is 0 Å². The van der Waals surface area contributed by atoms with E-state index in [-0.39, 0.29) is 22.4 Å². The lowest BCUT2D eigenvalue weighted by atomic mass is 10.2. The van der Waals surface area contributed by atoms with Crippen LogP contribution >= 0.6 is 22.9 Å². The summed E-state index contributed by atoms with van der Waals surface area (Å²) >= 11 is 6.89. The number of carbonyl (C=O) groups is 1. The first kappa shape index (κ1) is 16.6. The number of hydrogen-bond donors (Lipinski definition) is 1. The van der Waals surface area contributed by atoms with Gasteiger partial charge in [-0.3, -0.25) is 10.1 Å². The van der Waals surface area contributed by atoms with Crippen LogP contribution in [0, 0.1) is 0 Å². The summed E-state index contributed by atoms with van der Waals surface area (Å²) in [4.78, 5) is 12.5. The number of benzene rings is 1. The standard InChI is InChI=1S/C14H10ClN3O4S2/c1-24(20,21)10-5-3-2-4-8(10)13-17-18-14(22-13)16-12(19)9-6-7-11(15)23-9/h2-7H,1H3,(H,16,18,19). The molecule has 1 amide bonds. The summed E-state index contributed by atoms with van der Waals surface area (Å²) in [5.41, 5.74) is 0.271. The predicted molar refractivity (Wildman–Crippen MR) is 90.1 cm³/mol. The molecule has 10 heteroatoms. The zero-order chi connectivity index (χ0) is 17.3. The van der Waals surface area contributed by atoms with Crippen molar-refractivity contribution in [3.8, 4) is 11.5 Å². The van der Waals surface area contributed by atoms with Crippen LogP contribution in [0.4, 0.5) is 6.01 Å². The number of aromatic nitrogens is 2. The minimum atomic E-state index is -3.46. The second kappa shape index (κ2) is 6.34. The lowest BCUT2D eigenvalue weighted by molar-refractivity contribution is 0.102. The molecule has 1 aromatic carbocycles. The van der Waals surface area contributed by atoms with E-state index in [1.807, 2.05) is 0 Å². The Bertz CT molecular complexity index is 1010. The SMILES string of the molecule is CS(=O)(=O)c1ccccc1-c1nnc(NC(=O)c2ccc(Cl)s2)o1. The Morgan fingerprint density at radius 2 is 1.96 bits per heavy atom. The smallest absolute Gasteiger partial charge is 0.322 e. The molecule has 124 valence electrons. The number of anilines is 1. The molecule has 0 spiro atoms. The quantitative estimate of drug-likeness (QED) is 0.742. The highest BCUT2D eigenvalue weighted by Gasteiger charge is 2.19. The van der Waals surface area contributed by atoms with Crippen LogP contribution < -0.4 is 5.32 Å². The summed E-state index contributed by atoms with van der Waals surface area (Å²) in [5.74, 6) is -0.450. The fourth-order valence-electron chi connectivity index (χ4n) is 1.94. The number of carbonyl (C=O) groups excluding carboxylic acids is 1. The zero-order valence-corrected chi connectivity index (χ0v) is 14.6. The van der Waals surface area contributed by atoms with Gasteiger partial charge in [0.25, 0.3) is 11.8 Å². The summed E-state index contributed by atoms with van der Waals surface area (Å²) in [7, 11) is -3.46. The largest absolute Gasteiger partial charge is 0.403 e. The first-order valence-corrected chi connectivity index (χ1v) is 9.63. The van der Waals surface area contributed by atoms with Gasteiger partial charge in [0.05, 0.1) is 19.7 Å². The zero-order valence-electron chi connectivity index (χ0n) is 12.2. The minimum Gasteiger partial charge on any atom is -0.403 e. The monoisotopic (exact) mass is 383 g/mol. The Morgan fingerprint density at radius 1 is 1.21 bits per heavy atom. The number of amides is 1. The van der Waals surface area contributed by atoms with Gasteiger partial charge in [-0.2, -0.15) is 0 Å². The Morgan fingerprint density at radius 3 is 2.62 bits per heavy atom. The number of rotatable bonds is 4. The predicted octanol–water partition coefficient (Wildman–Crippen LogP) is 3.11. The minimum absolute atomic E-state index is 0.00413. The van der Waals surface area contributed by atoms with Crippen LogP contribution in [0.5, 0.6) is 0 Å². The van der Waals surface area contributed by atoms with Crippen LogP contribution in [0.1, 0.15) is 9.67 Å². The van der Waals surface area contributed by atoms with Gasteiger partial charge >= 0.3 is 6.01 Å². The maximum absolute atomic E-state index is 12.0. The van der Waals surface area contributed by atoms with Crippen LogP contribution in [-0.2, 0) is 9.84 Å². The molecule has 0 aliphatic heterocycles. The Balaban J connectivity index is 1.88. The van der Waals surface area contributed by atoms with E-state index < -0.39 is 15.7 Å². The van der Waals surface area contributed by atoms with Crippen molar-refractivity contribution < 1.29 is 17.6 Å². The van der Waals surface area contributed by atoms with Crippen LogP contribution in [-0.4, -0.2) is 30.8 Å². The number of nitrogens with one attached hydrogen (secondary N) is 1. The number of thiophene rings is 1. The van der Waals surface area contributed by atoms with E-state index in [9.17, 15) is 13.2 Å². The second-order valence-corrected chi connectivity index (χ2v) is 8.44. The van der Waals surface area contributed by atoms with E-state index in [4.69, 9.17) is 16.0 Å². The highest BCUT2D eigenvalue weighted by Crippen LogP contribution is 2.27. The lowest BCUT2D eigenvalue weighted by Gasteiger charge is -2.03. The molecule has 3 rings (SSSR count). The molecule has 1 N–H and O–H groups in total. The molecular weight excluding hydrogens is 374 g/mol. The van der Waals surface area contributed by atoms with Crippen molar-refractivity contribution in [1.29, 1.82) is 0 Å². The molecule has 0 atom stereocenters. The number of hydrogen-bond acceptors (Lipinski definition) is 7. The third-order valence-corrected chi connectivity index (χ3v) is 5.34. The van der Waals surface area contributed by atoms with E-state index in [1.54, 1.807) is 30.3 Å². The van der Waals surface area contributed by atoms with E-state index in [2.05, 4.69) is 15.5 Å². The molecule has 2 heterocycles. The van der Waals surface area contributed by atoms with Gasteiger partial charge in [-0.25, -0.2) is 8.42 Å². The van der Waals surface area contributed by atoms with E-state index in [0.717, 1.165) is 17.6 Å². The molecule has 7 nitrogen and oxygen atoms in total. The maximum atomic E-state index is 12.0. The molecule has 0 bridgehead atoms. The molecule has 0 radical (unpaired) electrons. The lowest BCUT2D eigenvalue weighted by Crippen LogP contribution is -2.10. The Kier molecular flexibility index (Phi) is 4.39. The molecule has 3 aromatic rings. The third-order valence-electron chi connectivity index (χ3n) is 2.96. The van der Waals surface area contributed by atoms with Crippen molar-refractivity contribution in [2.75, 3.05) is 11.6 Å². The molecule has 0 aliphatic rings. The van der Waals surface area contributed by atoms with E-state index in [0.29, 0.717) is 9.21 Å². The van der Waals surface area contributed by atoms with Gasteiger partial charge in [0, 0.05) is 6.26 Å². The van der Waals surface area contributed by atoms with Gasteiger partial charge in [0.2, 0.25) is 0 Å². The summed E-state index contributed by atoms with van der Waals surface area (Å²) in [5, 5.41) is 9.95. The normalized spacial score (nSPS) is 11.4. The summed E-state index contributed by atoms with van der Waals surface area (Å²) in [6.45, 7) is 0. The molecule has 0 saturated carbocycles. The van der Waals surface area contributed by atoms with Crippen LogP contribution in [0.2, 0.25) is 4.34 Å². The van der Waals surface area contributed by atoms with Crippen molar-refractivity contribution in [2.45, 2.75) is 4.90 Å². The van der Waals surface area contributed by atoms with Crippen molar-refractivity contribution in [3.05, 3.63) is 45.6 Å². The van der Waals surface area contributed by atoms with Crippen molar-refractivity contribution in [3.63, 3.8) is 0 Å². The van der Waals surface area contributed by atoms with Crippen molar-refractivity contribution in [1.82, 2.24) is 10.2 Å². The first-order chi connectivity index (χ1) is 11.3. The molecule has 0 unspecified atom stereocenters. The number of sulfone groups is 1. The van der Waals surface area contributed by atoms with Gasteiger partial charge in [-0.15, -0.1) is 16.4 Å². The third kappa shape index (κ3) is 3.48. The topological polar surface area (TPSA) is 102 Å². The van der Waals surface area contributed by atoms with Crippen molar-refractivity contribution >= 4 is 44.7 Å². The van der Waals surface area contributed by atoms with Gasteiger partial charge in [0.15, 0.2) is 9.84 Å². The van der Waals surface area contributed by atoms with Crippen LogP contribution in [0.25, 0.3) is 11.5 Å². The van der Waals surface area contributed by atoms with Gasteiger partial charge in [0.1, 0.15) is 0 Å². The molecule has 24 heavy (non-hydrogen) atoms. The maximum Gasteiger partial charge on any atom is 0.322 e. The Labute approximate surface area is 146 Å². The van der Waals surface area contributed by atoms with E-state index >= 15 is 0 Å². The van der Waals surface area contributed by atoms with Crippen LogP contribution in [0.15, 0.2) is 45.7 Å². The fraction of sp³-hybridized carbons (Fsp3) is 0.0714. The molecule has 2 aromatic heterocycles. The fourth-order valence-corrected chi connectivity index (χ4v) is 3.76. The summed E-state index contributed by atoms with van der Waals surface area (Å²) in [6.07, 6.45) is 1.09. The summed E-state index contributed by atoms with van der Waals surface area (Å²) in [6, 6.07) is 9.28. The average Bonchev–Trinajstić information content (AvgIpc) is 3.15. The average molecular weight is 384 g/mol. The highest BCUT2D eigenvalue weighted by atomic mass is 35.5. The molecule has 0 aliphatic carbocycles. The Hall–Kier alpha value is -2.23. The number of nitrogens with zero attached hydrogens (tertiary/aromatic N) is 2. The molecule has 0 fully saturated rings. The first-order valence-electron chi connectivity index (χ1n) is 6.54.